The third-order valence-electron chi connectivity index (χ3n) is 4.64. The van der Waals surface area contributed by atoms with Gasteiger partial charge in [-0.15, -0.1) is 0 Å². The van der Waals surface area contributed by atoms with Gasteiger partial charge in [0.1, 0.15) is 11.5 Å². The topological polar surface area (TPSA) is 102 Å². The molecule has 1 amide bonds. The van der Waals surface area contributed by atoms with Gasteiger partial charge in [0.15, 0.2) is 0 Å². The fourth-order valence-corrected chi connectivity index (χ4v) is 3.65. The van der Waals surface area contributed by atoms with Gasteiger partial charge in [-0.05, 0) is 41.0 Å². The quantitative estimate of drug-likeness (QED) is 0.508. The summed E-state index contributed by atoms with van der Waals surface area (Å²) in [4.78, 5) is 23.2. The molecule has 156 valence electrons. The molecule has 0 spiro atoms. The number of anilines is 1. The summed E-state index contributed by atoms with van der Waals surface area (Å²) in [5, 5.41) is 23.8. The van der Waals surface area contributed by atoms with Crippen molar-refractivity contribution in [2.24, 2.45) is 5.41 Å². The number of rotatable bonds is 6. The predicted molar refractivity (Wildman–Crippen MR) is 113 cm³/mol. The molecule has 0 radical (unpaired) electrons. The number of nitrogens with one attached hydrogen (secondary N) is 1. The minimum absolute atomic E-state index is 0.0932. The van der Waals surface area contributed by atoms with Crippen LogP contribution in [0.5, 0.6) is 11.5 Å². The molecule has 0 unspecified atom stereocenters. The van der Waals surface area contributed by atoms with Crippen LogP contribution in [0.4, 0.5) is 11.4 Å². The van der Waals surface area contributed by atoms with Crippen LogP contribution in [0.15, 0.2) is 36.4 Å². The first kappa shape index (κ1) is 22.2. The standard InChI is InChI=1S/C22H28N2O5/c1-21(2,3)13-22(4,5)14-7-10-18(25)16(11-14)20(26)23-17-9-8-15(24(27)28)12-19(17)29-6/h7-12,25H,13H2,1-6H3,(H,23,26). The van der Waals surface area contributed by atoms with Crippen molar-refractivity contribution in [3.63, 3.8) is 0 Å². The van der Waals surface area contributed by atoms with Crippen LogP contribution in [0, 0.1) is 15.5 Å². The van der Waals surface area contributed by atoms with E-state index in [1.807, 2.05) is 6.07 Å². The lowest BCUT2D eigenvalue weighted by molar-refractivity contribution is -0.384. The second kappa shape index (κ2) is 8.11. The Bertz CT molecular complexity index is 929. The minimum atomic E-state index is -0.541. The molecule has 29 heavy (non-hydrogen) atoms. The number of carbonyl (C=O) groups is 1. The molecule has 0 saturated carbocycles. The molecule has 2 rings (SSSR count). The van der Waals surface area contributed by atoms with Crippen LogP contribution in [0.25, 0.3) is 0 Å². The number of nitrogens with zero attached hydrogens (tertiary/aromatic N) is 1. The summed E-state index contributed by atoms with van der Waals surface area (Å²) in [7, 11) is 1.36. The third kappa shape index (κ3) is 5.47. The molecule has 0 aliphatic heterocycles. The Kier molecular flexibility index (Phi) is 6.21. The Morgan fingerprint density at radius 3 is 2.34 bits per heavy atom. The van der Waals surface area contributed by atoms with Crippen molar-refractivity contribution in [2.45, 2.75) is 46.5 Å². The molecule has 0 heterocycles. The van der Waals surface area contributed by atoms with Crippen LogP contribution in [0.1, 0.15) is 57.0 Å². The lowest BCUT2D eigenvalue weighted by atomic mass is 9.72. The highest BCUT2D eigenvalue weighted by molar-refractivity contribution is 6.07. The highest BCUT2D eigenvalue weighted by Gasteiger charge is 2.28. The summed E-state index contributed by atoms with van der Waals surface area (Å²) in [6.07, 6.45) is 0.891. The number of benzene rings is 2. The molecule has 0 aromatic heterocycles. The van der Waals surface area contributed by atoms with E-state index in [9.17, 15) is 20.0 Å². The van der Waals surface area contributed by atoms with E-state index < -0.39 is 10.8 Å². The minimum Gasteiger partial charge on any atom is -0.507 e. The fraction of sp³-hybridized carbons (Fsp3) is 0.409. The molecular formula is C22H28N2O5. The number of phenolic OH excluding ortho intramolecular Hbond substituents is 1. The molecule has 2 aromatic carbocycles. The third-order valence-corrected chi connectivity index (χ3v) is 4.64. The average Bonchev–Trinajstić information content (AvgIpc) is 2.59. The maximum Gasteiger partial charge on any atom is 0.273 e. The first-order valence-corrected chi connectivity index (χ1v) is 9.31. The second-order valence-corrected chi connectivity index (χ2v) is 8.95. The van der Waals surface area contributed by atoms with Gasteiger partial charge in [-0.2, -0.15) is 0 Å². The molecule has 0 bridgehead atoms. The second-order valence-electron chi connectivity index (χ2n) is 8.95. The van der Waals surface area contributed by atoms with Gasteiger partial charge in [-0.25, -0.2) is 0 Å². The summed E-state index contributed by atoms with van der Waals surface area (Å²) in [5.74, 6) is -0.502. The van der Waals surface area contributed by atoms with Gasteiger partial charge in [-0.3, -0.25) is 14.9 Å². The highest BCUT2D eigenvalue weighted by atomic mass is 16.6. The molecule has 0 saturated heterocycles. The summed E-state index contributed by atoms with van der Waals surface area (Å²) in [5.41, 5.74) is 1.09. The van der Waals surface area contributed by atoms with E-state index in [2.05, 4.69) is 39.9 Å². The molecule has 2 aromatic rings. The van der Waals surface area contributed by atoms with E-state index in [4.69, 9.17) is 4.74 Å². The molecule has 7 nitrogen and oxygen atoms in total. The van der Waals surface area contributed by atoms with Crippen molar-refractivity contribution in [3.8, 4) is 11.5 Å². The fourth-order valence-electron chi connectivity index (χ4n) is 3.65. The molecular weight excluding hydrogens is 372 g/mol. The molecule has 0 atom stereocenters. The van der Waals surface area contributed by atoms with Crippen LogP contribution < -0.4 is 10.1 Å². The smallest absolute Gasteiger partial charge is 0.273 e. The molecule has 7 heteroatoms. The van der Waals surface area contributed by atoms with Gasteiger partial charge in [0.2, 0.25) is 0 Å². The number of carbonyl (C=O) groups excluding carboxylic acids is 1. The SMILES string of the molecule is COc1cc([N+](=O)[O-])ccc1NC(=O)c1cc(C(C)(C)CC(C)(C)C)ccc1O. The number of nitro benzene ring substituents is 1. The van der Waals surface area contributed by atoms with Crippen molar-refractivity contribution in [1.82, 2.24) is 0 Å². The molecule has 0 aliphatic carbocycles. The van der Waals surface area contributed by atoms with Crippen LogP contribution in [-0.4, -0.2) is 23.0 Å². The zero-order valence-corrected chi connectivity index (χ0v) is 17.7. The van der Waals surface area contributed by atoms with E-state index in [1.165, 1.54) is 31.4 Å². The van der Waals surface area contributed by atoms with Crippen molar-refractivity contribution >= 4 is 17.3 Å². The number of aromatic hydroxyl groups is 1. The van der Waals surface area contributed by atoms with Gasteiger partial charge in [0, 0.05) is 6.07 Å². The summed E-state index contributed by atoms with van der Waals surface area (Å²) in [6, 6.07) is 8.94. The predicted octanol–water partition coefficient (Wildman–Crippen LogP) is 5.28. The van der Waals surface area contributed by atoms with Crippen LogP contribution in [-0.2, 0) is 5.41 Å². The molecule has 2 N–H and O–H groups in total. The normalized spacial score (nSPS) is 11.8. The Hall–Kier alpha value is -3.09. The average molecular weight is 400 g/mol. The maximum absolute atomic E-state index is 12.8. The van der Waals surface area contributed by atoms with Gasteiger partial charge in [-0.1, -0.05) is 40.7 Å². The summed E-state index contributed by atoms with van der Waals surface area (Å²) in [6.45, 7) is 10.7. The van der Waals surface area contributed by atoms with E-state index in [0.717, 1.165) is 12.0 Å². The molecule has 0 aliphatic rings. The number of methoxy groups -OCH3 is 1. The van der Waals surface area contributed by atoms with E-state index >= 15 is 0 Å². The van der Waals surface area contributed by atoms with Crippen molar-refractivity contribution in [3.05, 3.63) is 57.6 Å². The number of hydrogen-bond donors (Lipinski definition) is 2. The Morgan fingerprint density at radius 1 is 1.14 bits per heavy atom. The van der Waals surface area contributed by atoms with Gasteiger partial charge in [0.25, 0.3) is 11.6 Å². The number of ether oxygens (including phenoxy) is 1. The van der Waals surface area contributed by atoms with Gasteiger partial charge < -0.3 is 15.2 Å². The monoisotopic (exact) mass is 400 g/mol. The van der Waals surface area contributed by atoms with E-state index in [0.29, 0.717) is 0 Å². The Labute approximate surface area is 170 Å². The highest BCUT2D eigenvalue weighted by Crippen LogP contribution is 2.38. The largest absolute Gasteiger partial charge is 0.507 e. The van der Waals surface area contributed by atoms with Crippen LogP contribution in [0.2, 0.25) is 0 Å². The van der Waals surface area contributed by atoms with Crippen LogP contribution >= 0.6 is 0 Å². The summed E-state index contributed by atoms with van der Waals surface area (Å²) >= 11 is 0. The lowest BCUT2D eigenvalue weighted by Gasteiger charge is -2.33. The first-order valence-electron chi connectivity index (χ1n) is 9.31. The van der Waals surface area contributed by atoms with Gasteiger partial charge >= 0.3 is 0 Å². The van der Waals surface area contributed by atoms with Crippen LogP contribution in [0.3, 0.4) is 0 Å². The van der Waals surface area contributed by atoms with Gasteiger partial charge in [0.05, 0.1) is 29.4 Å². The zero-order chi connectivity index (χ0) is 22.0. The Morgan fingerprint density at radius 2 is 1.79 bits per heavy atom. The van der Waals surface area contributed by atoms with Crippen molar-refractivity contribution < 1.29 is 19.6 Å². The first-order chi connectivity index (χ1) is 13.3. The lowest BCUT2D eigenvalue weighted by Crippen LogP contribution is -2.25. The van der Waals surface area contributed by atoms with E-state index in [-0.39, 0.29) is 39.3 Å². The van der Waals surface area contributed by atoms with E-state index in [1.54, 1.807) is 6.07 Å². The number of non-ortho nitro benzene ring substituents is 1. The number of nitro groups is 1. The number of amides is 1. The number of phenols is 1. The Balaban J connectivity index is 2.36. The number of hydrogen-bond acceptors (Lipinski definition) is 5. The zero-order valence-electron chi connectivity index (χ0n) is 17.7. The maximum atomic E-state index is 12.8. The molecule has 0 fully saturated rings. The summed E-state index contributed by atoms with van der Waals surface area (Å²) < 4.78 is 5.15. The van der Waals surface area contributed by atoms with Crippen molar-refractivity contribution in [1.29, 1.82) is 0 Å². The van der Waals surface area contributed by atoms with Crippen molar-refractivity contribution in [2.75, 3.05) is 12.4 Å².